The summed E-state index contributed by atoms with van der Waals surface area (Å²) < 4.78 is 38.2. The number of halogens is 3. The molecule has 2 aromatic rings. The van der Waals surface area contributed by atoms with Gasteiger partial charge in [-0.3, -0.25) is 4.79 Å². The molecule has 1 atom stereocenters. The van der Waals surface area contributed by atoms with Crippen molar-refractivity contribution >= 4 is 17.3 Å². The number of anilines is 2. The van der Waals surface area contributed by atoms with Crippen LogP contribution < -0.4 is 10.6 Å². The average Bonchev–Trinajstić information content (AvgIpc) is 2.56. The summed E-state index contributed by atoms with van der Waals surface area (Å²) in [6, 6.07) is 10.9. The highest BCUT2D eigenvalue weighted by molar-refractivity contribution is 5.94. The second kappa shape index (κ2) is 7.57. The van der Waals surface area contributed by atoms with E-state index in [9.17, 15) is 23.1 Å². The van der Waals surface area contributed by atoms with Crippen LogP contribution in [0.4, 0.5) is 24.5 Å². The number of para-hydroxylation sites is 1. The molecule has 2 rings (SSSR count). The minimum Gasteiger partial charge on any atom is -0.379 e. The number of rotatable bonds is 5. The van der Waals surface area contributed by atoms with Crippen LogP contribution in [0.2, 0.25) is 0 Å². The van der Waals surface area contributed by atoms with Gasteiger partial charge in [-0.1, -0.05) is 30.3 Å². The Morgan fingerprint density at radius 2 is 1.72 bits per heavy atom. The van der Waals surface area contributed by atoms with Crippen molar-refractivity contribution in [3.8, 4) is 0 Å². The number of hydrogen-bond acceptors (Lipinski definition) is 3. The number of hydrogen-bond donors (Lipinski definition) is 3. The van der Waals surface area contributed by atoms with Gasteiger partial charge in [-0.15, -0.1) is 0 Å². The molecule has 1 unspecified atom stereocenters. The highest BCUT2D eigenvalue weighted by Gasteiger charge is 2.40. The Morgan fingerprint density at radius 3 is 2.40 bits per heavy atom. The van der Waals surface area contributed by atoms with Gasteiger partial charge in [0, 0.05) is 16.9 Å². The summed E-state index contributed by atoms with van der Waals surface area (Å²) in [7, 11) is 0. The van der Waals surface area contributed by atoms with Crippen LogP contribution in [0, 0.1) is 13.8 Å². The summed E-state index contributed by atoms with van der Waals surface area (Å²) in [5, 5.41) is 14.8. The van der Waals surface area contributed by atoms with Gasteiger partial charge in [0.15, 0.2) is 6.10 Å². The van der Waals surface area contributed by atoms with Gasteiger partial charge in [0.2, 0.25) is 5.91 Å². The lowest BCUT2D eigenvalue weighted by atomic mass is 10.1. The van der Waals surface area contributed by atoms with Crippen LogP contribution in [0.25, 0.3) is 0 Å². The van der Waals surface area contributed by atoms with Crippen molar-refractivity contribution < 1.29 is 23.1 Å². The first-order valence-electron chi connectivity index (χ1n) is 7.64. The zero-order chi connectivity index (χ0) is 18.6. The molecule has 134 valence electrons. The monoisotopic (exact) mass is 352 g/mol. The van der Waals surface area contributed by atoms with Gasteiger partial charge >= 0.3 is 6.18 Å². The Hall–Kier alpha value is -2.54. The zero-order valence-corrected chi connectivity index (χ0v) is 13.8. The molecule has 7 heteroatoms. The molecule has 0 aliphatic rings. The number of benzene rings is 2. The van der Waals surface area contributed by atoms with Crippen LogP contribution in [0.3, 0.4) is 0 Å². The summed E-state index contributed by atoms with van der Waals surface area (Å²) in [5.74, 6) is -0.398. The van der Waals surface area contributed by atoms with E-state index >= 15 is 0 Å². The maximum atomic E-state index is 12.7. The van der Waals surface area contributed by atoms with E-state index < -0.39 is 18.2 Å². The highest BCUT2D eigenvalue weighted by atomic mass is 19.4. The molecule has 0 radical (unpaired) electrons. The first-order valence-corrected chi connectivity index (χ1v) is 7.64. The van der Waals surface area contributed by atoms with Crippen molar-refractivity contribution in [1.82, 2.24) is 0 Å². The largest absolute Gasteiger partial charge is 0.418 e. The number of aryl methyl sites for hydroxylation is 1. The van der Waals surface area contributed by atoms with Gasteiger partial charge < -0.3 is 15.7 Å². The molecule has 0 aliphatic carbocycles. The molecule has 0 saturated carbocycles. The van der Waals surface area contributed by atoms with Gasteiger partial charge in [-0.2, -0.15) is 13.2 Å². The number of carbonyl (C=O) groups excluding carboxylic acids is 1. The number of aliphatic hydroxyl groups excluding tert-OH is 1. The Kier molecular flexibility index (Phi) is 5.69. The Labute approximate surface area is 143 Å². The van der Waals surface area contributed by atoms with Crippen molar-refractivity contribution in [3.63, 3.8) is 0 Å². The number of carbonyl (C=O) groups is 1. The highest BCUT2D eigenvalue weighted by Crippen LogP contribution is 2.35. The van der Waals surface area contributed by atoms with Crippen molar-refractivity contribution in [2.24, 2.45) is 0 Å². The third-order valence-electron chi connectivity index (χ3n) is 3.88. The van der Waals surface area contributed by atoms with E-state index in [0.29, 0.717) is 5.69 Å². The third-order valence-corrected chi connectivity index (χ3v) is 3.88. The average molecular weight is 352 g/mol. The summed E-state index contributed by atoms with van der Waals surface area (Å²) in [6.45, 7) is 3.56. The predicted molar refractivity (Wildman–Crippen MR) is 90.5 cm³/mol. The zero-order valence-electron chi connectivity index (χ0n) is 13.8. The molecule has 0 saturated heterocycles. The quantitative estimate of drug-likeness (QED) is 0.764. The molecular formula is C18H19F3N2O2. The standard InChI is InChI=1S/C18H19F3N2O2/c1-11-6-5-9-14(12(11)2)23-16(24)10-22-15-8-4-3-7-13(15)17(25)18(19,20)21/h3-9,17,22,25H,10H2,1-2H3,(H,23,24). The fourth-order valence-electron chi connectivity index (χ4n) is 2.33. The fourth-order valence-corrected chi connectivity index (χ4v) is 2.33. The van der Waals surface area contributed by atoms with Crippen molar-refractivity contribution in [1.29, 1.82) is 0 Å². The summed E-state index contributed by atoms with van der Waals surface area (Å²) in [5.41, 5.74) is 2.32. The van der Waals surface area contributed by atoms with E-state index in [2.05, 4.69) is 10.6 Å². The molecule has 0 heterocycles. The van der Waals surface area contributed by atoms with Crippen LogP contribution in [-0.2, 0) is 4.79 Å². The maximum absolute atomic E-state index is 12.7. The third kappa shape index (κ3) is 4.73. The van der Waals surface area contributed by atoms with Crippen LogP contribution >= 0.6 is 0 Å². The van der Waals surface area contributed by atoms with Gasteiger partial charge in [-0.25, -0.2) is 0 Å². The molecule has 3 N–H and O–H groups in total. The maximum Gasteiger partial charge on any atom is 0.418 e. The van der Waals surface area contributed by atoms with Gasteiger partial charge in [-0.05, 0) is 37.1 Å². The van der Waals surface area contributed by atoms with E-state index in [0.717, 1.165) is 11.1 Å². The molecule has 0 fully saturated rings. The lowest BCUT2D eigenvalue weighted by Crippen LogP contribution is -2.25. The van der Waals surface area contributed by atoms with Crippen LogP contribution in [-0.4, -0.2) is 23.7 Å². The van der Waals surface area contributed by atoms with E-state index in [1.807, 2.05) is 19.9 Å². The molecule has 1 amide bonds. The van der Waals surface area contributed by atoms with Crippen molar-refractivity contribution in [2.45, 2.75) is 26.1 Å². The smallest absolute Gasteiger partial charge is 0.379 e. The first-order chi connectivity index (χ1) is 11.7. The second-order valence-corrected chi connectivity index (χ2v) is 5.68. The van der Waals surface area contributed by atoms with Crippen LogP contribution in [0.15, 0.2) is 42.5 Å². The number of nitrogens with one attached hydrogen (secondary N) is 2. The van der Waals surface area contributed by atoms with Gasteiger partial charge in [0.1, 0.15) is 0 Å². The lowest BCUT2D eigenvalue weighted by Gasteiger charge is -2.19. The Bertz CT molecular complexity index is 760. The molecule has 0 aliphatic heterocycles. The van der Waals surface area contributed by atoms with E-state index in [1.54, 1.807) is 12.1 Å². The first kappa shape index (κ1) is 18.8. The molecule has 25 heavy (non-hydrogen) atoms. The predicted octanol–water partition coefficient (Wildman–Crippen LogP) is 3.95. The number of alkyl halides is 3. The summed E-state index contributed by atoms with van der Waals surface area (Å²) in [4.78, 5) is 12.1. The molecule has 0 aromatic heterocycles. The normalized spacial score (nSPS) is 12.6. The molecule has 4 nitrogen and oxygen atoms in total. The lowest BCUT2D eigenvalue weighted by molar-refractivity contribution is -0.206. The van der Waals surface area contributed by atoms with Crippen LogP contribution in [0.5, 0.6) is 0 Å². The van der Waals surface area contributed by atoms with Gasteiger partial charge in [0.25, 0.3) is 0 Å². The Balaban J connectivity index is 2.06. The minimum atomic E-state index is -4.78. The molecule has 2 aromatic carbocycles. The van der Waals surface area contributed by atoms with Crippen LogP contribution in [0.1, 0.15) is 22.8 Å². The van der Waals surface area contributed by atoms with Gasteiger partial charge in [0.05, 0.1) is 6.54 Å². The topological polar surface area (TPSA) is 61.4 Å². The molecular weight excluding hydrogens is 333 g/mol. The molecule has 0 spiro atoms. The number of aliphatic hydroxyl groups is 1. The van der Waals surface area contributed by atoms with E-state index in [1.165, 1.54) is 24.3 Å². The SMILES string of the molecule is Cc1cccc(NC(=O)CNc2ccccc2C(O)C(F)(F)F)c1C. The minimum absolute atomic E-state index is 0.0587. The fraction of sp³-hybridized carbons (Fsp3) is 0.278. The second-order valence-electron chi connectivity index (χ2n) is 5.68. The van der Waals surface area contributed by atoms with Crippen molar-refractivity contribution in [3.05, 3.63) is 59.2 Å². The Morgan fingerprint density at radius 1 is 1.08 bits per heavy atom. The molecule has 0 bridgehead atoms. The van der Waals surface area contributed by atoms with E-state index in [4.69, 9.17) is 0 Å². The van der Waals surface area contributed by atoms with E-state index in [-0.39, 0.29) is 17.8 Å². The summed E-state index contributed by atoms with van der Waals surface area (Å²) >= 11 is 0. The van der Waals surface area contributed by atoms with Crippen molar-refractivity contribution in [2.75, 3.05) is 17.2 Å². The number of amides is 1. The summed E-state index contributed by atoms with van der Waals surface area (Å²) in [6.07, 6.45) is -7.39.